The summed E-state index contributed by atoms with van der Waals surface area (Å²) in [5.74, 6) is 0.684. The molecule has 1 unspecified atom stereocenters. The molecule has 0 aliphatic heterocycles. The Bertz CT molecular complexity index is 378. The summed E-state index contributed by atoms with van der Waals surface area (Å²) < 4.78 is 1.06. The van der Waals surface area contributed by atoms with E-state index >= 15 is 0 Å². The summed E-state index contributed by atoms with van der Waals surface area (Å²) in [5, 5.41) is 0. The predicted molar refractivity (Wildman–Crippen MR) is 64.7 cm³/mol. The molecule has 1 nitrogen and oxygen atoms in total. The van der Waals surface area contributed by atoms with Gasteiger partial charge in [0.2, 0.25) is 0 Å². The summed E-state index contributed by atoms with van der Waals surface area (Å²) in [6.45, 7) is 4.33. The van der Waals surface area contributed by atoms with Gasteiger partial charge < -0.3 is 0 Å². The first kappa shape index (κ1) is 10.9. The Hall–Kier alpha value is -0.630. The molecule has 0 N–H and O–H groups in total. The first-order valence-electron chi connectivity index (χ1n) is 5.26. The second kappa shape index (κ2) is 3.75. The van der Waals surface area contributed by atoms with Crippen molar-refractivity contribution in [3.8, 4) is 0 Å². The highest BCUT2D eigenvalue weighted by Crippen LogP contribution is 2.52. The molecule has 1 aromatic carbocycles. The van der Waals surface area contributed by atoms with E-state index < -0.39 is 0 Å². The molecule has 15 heavy (non-hydrogen) atoms. The number of halogens is 1. The maximum atomic E-state index is 11.9. The lowest BCUT2D eigenvalue weighted by atomic mass is 10.0. The number of ketones is 1. The second-order valence-corrected chi connectivity index (χ2v) is 5.93. The molecule has 1 aliphatic rings. The smallest absolute Gasteiger partial charge is 0.140 e. The zero-order valence-corrected chi connectivity index (χ0v) is 10.7. The average molecular weight is 267 g/mol. The van der Waals surface area contributed by atoms with Gasteiger partial charge in [-0.15, -0.1) is 0 Å². The topological polar surface area (TPSA) is 17.1 Å². The Balaban J connectivity index is 1.98. The molecule has 1 aromatic rings. The van der Waals surface area contributed by atoms with E-state index in [2.05, 4.69) is 29.8 Å². The summed E-state index contributed by atoms with van der Waals surface area (Å²) in [5.41, 5.74) is 1.37. The van der Waals surface area contributed by atoms with Crippen molar-refractivity contribution >= 4 is 21.7 Å². The van der Waals surface area contributed by atoms with Crippen LogP contribution in [0.5, 0.6) is 0 Å². The van der Waals surface area contributed by atoms with Crippen molar-refractivity contribution in [2.45, 2.75) is 26.7 Å². The SMILES string of the molecule is CC1(C)CC1C(=O)Cc1ccc(Br)cc1. The number of hydrogen-bond acceptors (Lipinski definition) is 1. The Morgan fingerprint density at radius 2 is 1.93 bits per heavy atom. The van der Waals surface area contributed by atoms with Crippen LogP contribution in [0.4, 0.5) is 0 Å². The van der Waals surface area contributed by atoms with Gasteiger partial charge >= 0.3 is 0 Å². The minimum absolute atomic E-state index is 0.256. The van der Waals surface area contributed by atoms with Crippen molar-refractivity contribution in [1.29, 1.82) is 0 Å². The van der Waals surface area contributed by atoms with Crippen LogP contribution in [-0.2, 0) is 11.2 Å². The van der Waals surface area contributed by atoms with Gasteiger partial charge in [-0.05, 0) is 29.5 Å². The van der Waals surface area contributed by atoms with Crippen LogP contribution in [0.1, 0.15) is 25.8 Å². The molecular weight excluding hydrogens is 252 g/mol. The maximum absolute atomic E-state index is 11.9. The Morgan fingerprint density at radius 1 is 1.40 bits per heavy atom. The quantitative estimate of drug-likeness (QED) is 0.817. The normalized spacial score (nSPS) is 22.5. The zero-order valence-electron chi connectivity index (χ0n) is 9.09. The van der Waals surface area contributed by atoms with Crippen molar-refractivity contribution in [3.63, 3.8) is 0 Å². The van der Waals surface area contributed by atoms with Crippen molar-refractivity contribution in [2.75, 3.05) is 0 Å². The molecular formula is C13H15BrO. The average Bonchev–Trinajstić information content (AvgIpc) is 2.79. The van der Waals surface area contributed by atoms with Gasteiger partial charge in [0, 0.05) is 16.8 Å². The highest BCUT2D eigenvalue weighted by Gasteiger charge is 2.49. The lowest BCUT2D eigenvalue weighted by Gasteiger charge is -2.03. The number of hydrogen-bond donors (Lipinski definition) is 0. The van der Waals surface area contributed by atoms with Crippen LogP contribution in [-0.4, -0.2) is 5.78 Å². The lowest BCUT2D eigenvalue weighted by Crippen LogP contribution is -2.08. The molecule has 1 fully saturated rings. The van der Waals surface area contributed by atoms with Gasteiger partial charge in [-0.2, -0.15) is 0 Å². The summed E-state index contributed by atoms with van der Waals surface area (Å²) in [4.78, 5) is 11.9. The van der Waals surface area contributed by atoms with E-state index in [1.165, 1.54) is 0 Å². The van der Waals surface area contributed by atoms with Gasteiger partial charge in [0.05, 0.1) is 0 Å². The Labute approximate surface area is 99.0 Å². The fourth-order valence-electron chi connectivity index (χ4n) is 1.94. The number of Topliss-reactive ketones (excluding diaryl/α,β-unsaturated/α-hetero) is 1. The highest BCUT2D eigenvalue weighted by molar-refractivity contribution is 9.10. The van der Waals surface area contributed by atoms with Gasteiger partial charge in [0.25, 0.3) is 0 Å². The van der Waals surface area contributed by atoms with Crippen LogP contribution in [0.25, 0.3) is 0 Å². The van der Waals surface area contributed by atoms with Crippen molar-refractivity contribution in [3.05, 3.63) is 34.3 Å². The van der Waals surface area contributed by atoms with Crippen molar-refractivity contribution < 1.29 is 4.79 Å². The monoisotopic (exact) mass is 266 g/mol. The number of carbonyl (C=O) groups is 1. The van der Waals surface area contributed by atoms with Crippen LogP contribution in [0.3, 0.4) is 0 Å². The fourth-order valence-corrected chi connectivity index (χ4v) is 2.21. The van der Waals surface area contributed by atoms with Gasteiger partial charge in [-0.3, -0.25) is 4.79 Å². The van der Waals surface area contributed by atoms with E-state index in [0.29, 0.717) is 18.1 Å². The molecule has 1 aliphatic carbocycles. The second-order valence-electron chi connectivity index (χ2n) is 5.01. The third kappa shape index (κ3) is 2.49. The van der Waals surface area contributed by atoms with Crippen LogP contribution in [0.15, 0.2) is 28.7 Å². The molecule has 2 rings (SSSR count). The van der Waals surface area contributed by atoms with E-state index in [-0.39, 0.29) is 5.41 Å². The van der Waals surface area contributed by atoms with Gasteiger partial charge in [-0.25, -0.2) is 0 Å². The van der Waals surface area contributed by atoms with E-state index in [9.17, 15) is 4.79 Å². The number of rotatable bonds is 3. The van der Waals surface area contributed by atoms with E-state index in [1.807, 2.05) is 24.3 Å². The van der Waals surface area contributed by atoms with Crippen LogP contribution in [0, 0.1) is 11.3 Å². The minimum Gasteiger partial charge on any atom is -0.299 e. The lowest BCUT2D eigenvalue weighted by molar-refractivity contribution is -0.120. The molecule has 1 atom stereocenters. The first-order valence-corrected chi connectivity index (χ1v) is 6.05. The van der Waals surface area contributed by atoms with E-state index in [1.54, 1.807) is 0 Å². The third-order valence-corrected chi connectivity index (χ3v) is 3.72. The molecule has 80 valence electrons. The van der Waals surface area contributed by atoms with Crippen LogP contribution >= 0.6 is 15.9 Å². The van der Waals surface area contributed by atoms with Gasteiger partial charge in [0.15, 0.2) is 0 Å². The summed E-state index contributed by atoms with van der Waals surface area (Å²) in [6, 6.07) is 8.00. The summed E-state index contributed by atoms with van der Waals surface area (Å²) in [6.07, 6.45) is 1.64. The predicted octanol–water partition coefficient (Wildman–Crippen LogP) is 3.61. The molecule has 0 spiro atoms. The summed E-state index contributed by atoms with van der Waals surface area (Å²) >= 11 is 3.39. The third-order valence-electron chi connectivity index (χ3n) is 3.19. The molecule has 2 heteroatoms. The Morgan fingerprint density at radius 3 is 2.40 bits per heavy atom. The summed E-state index contributed by atoms with van der Waals surface area (Å²) in [7, 11) is 0. The van der Waals surface area contributed by atoms with Crippen LogP contribution in [0.2, 0.25) is 0 Å². The molecule has 0 amide bonds. The molecule has 0 heterocycles. The first-order chi connectivity index (χ1) is 6.99. The molecule has 0 radical (unpaired) electrons. The van der Waals surface area contributed by atoms with Crippen LogP contribution < -0.4 is 0 Å². The van der Waals surface area contributed by atoms with Crippen molar-refractivity contribution in [2.24, 2.45) is 11.3 Å². The van der Waals surface area contributed by atoms with Gasteiger partial charge in [-0.1, -0.05) is 41.9 Å². The Kier molecular flexibility index (Phi) is 2.72. The van der Waals surface area contributed by atoms with E-state index in [4.69, 9.17) is 0 Å². The van der Waals surface area contributed by atoms with Crippen molar-refractivity contribution in [1.82, 2.24) is 0 Å². The molecule has 0 bridgehead atoms. The zero-order chi connectivity index (χ0) is 11.1. The largest absolute Gasteiger partial charge is 0.299 e. The highest BCUT2D eigenvalue weighted by atomic mass is 79.9. The standard InChI is InChI=1S/C13H15BrO/c1-13(2)8-11(13)12(15)7-9-3-5-10(14)6-4-9/h3-6,11H,7-8H2,1-2H3. The van der Waals surface area contributed by atoms with Gasteiger partial charge in [0.1, 0.15) is 5.78 Å². The fraction of sp³-hybridized carbons (Fsp3) is 0.462. The maximum Gasteiger partial charge on any atom is 0.140 e. The molecule has 1 saturated carbocycles. The molecule has 0 saturated heterocycles. The number of benzene rings is 1. The number of carbonyl (C=O) groups excluding carboxylic acids is 1. The minimum atomic E-state index is 0.256. The molecule has 0 aromatic heterocycles. The van der Waals surface area contributed by atoms with E-state index in [0.717, 1.165) is 16.5 Å².